The SMILES string of the molecule is COC1C[C@@H](C)[C@H](CO)O1. The lowest BCUT2D eigenvalue weighted by molar-refractivity contribution is -0.124. The summed E-state index contributed by atoms with van der Waals surface area (Å²) < 4.78 is 10.3. The van der Waals surface area contributed by atoms with Crippen molar-refractivity contribution in [1.29, 1.82) is 0 Å². The van der Waals surface area contributed by atoms with Crippen molar-refractivity contribution in [2.75, 3.05) is 13.7 Å². The van der Waals surface area contributed by atoms with Gasteiger partial charge in [-0.05, 0) is 5.92 Å². The zero-order valence-corrected chi connectivity index (χ0v) is 6.41. The van der Waals surface area contributed by atoms with Gasteiger partial charge in [-0.3, -0.25) is 0 Å². The molecule has 0 bridgehead atoms. The Labute approximate surface area is 60.9 Å². The highest BCUT2D eigenvalue weighted by Crippen LogP contribution is 2.25. The van der Waals surface area contributed by atoms with Gasteiger partial charge in [0, 0.05) is 13.5 Å². The Balaban J connectivity index is 2.36. The number of aliphatic hydroxyl groups is 1. The summed E-state index contributed by atoms with van der Waals surface area (Å²) in [6.07, 6.45) is 0.763. The lowest BCUT2D eigenvalue weighted by atomic mass is 10.1. The Bertz CT molecular complexity index is 105. The van der Waals surface area contributed by atoms with Crippen LogP contribution in [0.5, 0.6) is 0 Å². The minimum atomic E-state index is -0.104. The van der Waals surface area contributed by atoms with Gasteiger partial charge in [-0.25, -0.2) is 0 Å². The fraction of sp³-hybridized carbons (Fsp3) is 1.00. The Morgan fingerprint density at radius 3 is 2.70 bits per heavy atom. The molecular weight excluding hydrogens is 132 g/mol. The van der Waals surface area contributed by atoms with Crippen LogP contribution >= 0.6 is 0 Å². The van der Waals surface area contributed by atoms with Crippen LogP contribution in [-0.2, 0) is 9.47 Å². The van der Waals surface area contributed by atoms with Crippen molar-refractivity contribution in [3.63, 3.8) is 0 Å². The van der Waals surface area contributed by atoms with E-state index in [4.69, 9.17) is 14.6 Å². The summed E-state index contributed by atoms with van der Waals surface area (Å²) in [6, 6.07) is 0. The van der Waals surface area contributed by atoms with Crippen molar-refractivity contribution >= 4 is 0 Å². The predicted molar refractivity (Wildman–Crippen MR) is 36.5 cm³/mol. The molecule has 3 heteroatoms. The van der Waals surface area contributed by atoms with Gasteiger partial charge in [-0.1, -0.05) is 6.92 Å². The van der Waals surface area contributed by atoms with Crippen LogP contribution in [0.1, 0.15) is 13.3 Å². The smallest absolute Gasteiger partial charge is 0.158 e. The van der Waals surface area contributed by atoms with E-state index in [1.807, 2.05) is 0 Å². The minimum Gasteiger partial charge on any atom is -0.394 e. The molecule has 1 rings (SSSR count). The molecule has 3 atom stereocenters. The maximum absolute atomic E-state index is 8.77. The van der Waals surface area contributed by atoms with Crippen molar-refractivity contribution < 1.29 is 14.6 Å². The van der Waals surface area contributed by atoms with Gasteiger partial charge in [0.1, 0.15) is 0 Å². The first-order valence-electron chi connectivity index (χ1n) is 3.57. The van der Waals surface area contributed by atoms with E-state index in [1.54, 1.807) is 7.11 Å². The van der Waals surface area contributed by atoms with Gasteiger partial charge in [-0.15, -0.1) is 0 Å². The van der Waals surface area contributed by atoms with Gasteiger partial charge in [-0.2, -0.15) is 0 Å². The Hall–Kier alpha value is -0.120. The quantitative estimate of drug-likeness (QED) is 0.612. The van der Waals surface area contributed by atoms with Crippen LogP contribution in [0.15, 0.2) is 0 Å². The van der Waals surface area contributed by atoms with Crippen molar-refractivity contribution in [3.8, 4) is 0 Å². The summed E-state index contributed by atoms with van der Waals surface area (Å²) in [5.41, 5.74) is 0. The maximum Gasteiger partial charge on any atom is 0.158 e. The zero-order valence-electron chi connectivity index (χ0n) is 6.41. The van der Waals surface area contributed by atoms with Gasteiger partial charge < -0.3 is 14.6 Å². The first kappa shape index (κ1) is 7.98. The fourth-order valence-electron chi connectivity index (χ4n) is 1.21. The Morgan fingerprint density at radius 1 is 1.70 bits per heavy atom. The molecule has 1 heterocycles. The van der Waals surface area contributed by atoms with E-state index >= 15 is 0 Å². The third kappa shape index (κ3) is 1.48. The molecule has 60 valence electrons. The molecule has 0 saturated carbocycles. The van der Waals surface area contributed by atoms with Gasteiger partial charge in [0.15, 0.2) is 6.29 Å². The molecule has 10 heavy (non-hydrogen) atoms. The van der Waals surface area contributed by atoms with Gasteiger partial charge >= 0.3 is 0 Å². The first-order chi connectivity index (χ1) is 4.77. The fourth-order valence-corrected chi connectivity index (χ4v) is 1.21. The molecule has 0 aromatic heterocycles. The van der Waals surface area contributed by atoms with Crippen LogP contribution in [0.2, 0.25) is 0 Å². The monoisotopic (exact) mass is 146 g/mol. The Morgan fingerprint density at radius 2 is 2.40 bits per heavy atom. The lowest BCUT2D eigenvalue weighted by Crippen LogP contribution is -2.19. The molecule has 0 aromatic rings. The van der Waals surface area contributed by atoms with Crippen LogP contribution in [0.25, 0.3) is 0 Å². The first-order valence-corrected chi connectivity index (χ1v) is 3.57. The van der Waals surface area contributed by atoms with Crippen molar-refractivity contribution in [2.24, 2.45) is 5.92 Å². The molecule has 1 unspecified atom stereocenters. The second-order valence-electron chi connectivity index (χ2n) is 2.74. The molecule has 3 nitrogen and oxygen atoms in total. The van der Waals surface area contributed by atoms with Crippen molar-refractivity contribution in [3.05, 3.63) is 0 Å². The normalized spacial score (nSPS) is 40.5. The summed E-state index contributed by atoms with van der Waals surface area (Å²) in [5, 5.41) is 8.77. The number of hydrogen-bond acceptors (Lipinski definition) is 3. The van der Waals surface area contributed by atoms with E-state index in [1.165, 1.54) is 0 Å². The van der Waals surface area contributed by atoms with E-state index in [0.29, 0.717) is 5.92 Å². The highest BCUT2D eigenvalue weighted by atomic mass is 16.7. The third-order valence-corrected chi connectivity index (χ3v) is 1.97. The summed E-state index contributed by atoms with van der Waals surface area (Å²) in [4.78, 5) is 0. The third-order valence-electron chi connectivity index (χ3n) is 1.97. The molecule has 0 amide bonds. The minimum absolute atomic E-state index is 0.0232. The van der Waals surface area contributed by atoms with Gasteiger partial charge in [0.25, 0.3) is 0 Å². The standard InChI is InChI=1S/C7H14O3/c1-5-3-7(9-2)10-6(5)4-8/h5-8H,3-4H2,1-2H3/t5-,6+,7?/m1/s1. The average molecular weight is 146 g/mol. The highest BCUT2D eigenvalue weighted by Gasteiger charge is 2.31. The summed E-state index contributed by atoms with van der Waals surface area (Å²) in [6.45, 7) is 2.15. The molecule has 1 saturated heterocycles. The molecule has 0 aromatic carbocycles. The summed E-state index contributed by atoms with van der Waals surface area (Å²) >= 11 is 0. The van der Waals surface area contributed by atoms with E-state index in [9.17, 15) is 0 Å². The molecule has 0 aliphatic carbocycles. The van der Waals surface area contributed by atoms with E-state index in [0.717, 1.165) is 6.42 Å². The van der Waals surface area contributed by atoms with Gasteiger partial charge in [0.05, 0.1) is 12.7 Å². The average Bonchev–Trinajstić information content (AvgIpc) is 2.30. The van der Waals surface area contributed by atoms with Crippen LogP contribution in [0, 0.1) is 5.92 Å². The van der Waals surface area contributed by atoms with Crippen LogP contribution in [0.3, 0.4) is 0 Å². The summed E-state index contributed by atoms with van der Waals surface area (Å²) in [5.74, 6) is 0.412. The second-order valence-corrected chi connectivity index (χ2v) is 2.74. The van der Waals surface area contributed by atoms with E-state index in [-0.39, 0.29) is 19.0 Å². The van der Waals surface area contributed by atoms with Crippen molar-refractivity contribution in [2.45, 2.75) is 25.7 Å². The number of aliphatic hydroxyl groups excluding tert-OH is 1. The van der Waals surface area contributed by atoms with Gasteiger partial charge in [0.2, 0.25) is 0 Å². The molecule has 0 radical (unpaired) electrons. The molecule has 1 fully saturated rings. The second kappa shape index (κ2) is 3.32. The molecule has 1 aliphatic rings. The lowest BCUT2D eigenvalue weighted by Gasteiger charge is -2.10. The number of ether oxygens (including phenoxy) is 2. The largest absolute Gasteiger partial charge is 0.394 e. The Kier molecular flexibility index (Phi) is 2.65. The number of methoxy groups -OCH3 is 1. The predicted octanol–water partition coefficient (Wildman–Crippen LogP) is 0.376. The molecule has 1 N–H and O–H groups in total. The number of hydrogen-bond donors (Lipinski definition) is 1. The highest BCUT2D eigenvalue weighted by molar-refractivity contribution is 4.74. The number of rotatable bonds is 2. The molecular formula is C7H14O3. The maximum atomic E-state index is 8.77. The van der Waals surface area contributed by atoms with Crippen LogP contribution < -0.4 is 0 Å². The summed E-state index contributed by atoms with van der Waals surface area (Å²) in [7, 11) is 1.62. The van der Waals surface area contributed by atoms with Crippen LogP contribution in [0.4, 0.5) is 0 Å². The van der Waals surface area contributed by atoms with Crippen LogP contribution in [-0.4, -0.2) is 31.2 Å². The molecule has 0 spiro atoms. The zero-order chi connectivity index (χ0) is 7.56. The van der Waals surface area contributed by atoms with E-state index in [2.05, 4.69) is 6.92 Å². The van der Waals surface area contributed by atoms with E-state index < -0.39 is 0 Å². The molecule has 1 aliphatic heterocycles. The van der Waals surface area contributed by atoms with Crippen molar-refractivity contribution in [1.82, 2.24) is 0 Å². The topological polar surface area (TPSA) is 38.7 Å².